The van der Waals surface area contributed by atoms with Crippen LogP contribution in [0.15, 0.2) is 94.9 Å². The highest BCUT2D eigenvalue weighted by Gasteiger charge is 2.27. The van der Waals surface area contributed by atoms with Crippen LogP contribution in [-0.2, 0) is 14.8 Å². The van der Waals surface area contributed by atoms with Crippen molar-refractivity contribution in [1.82, 2.24) is 5.32 Å². The number of carbonyl (C=O) groups is 1. The third-order valence-electron chi connectivity index (χ3n) is 5.13. The van der Waals surface area contributed by atoms with E-state index in [-0.39, 0.29) is 28.8 Å². The molecule has 0 fully saturated rings. The molecule has 0 aliphatic rings. The van der Waals surface area contributed by atoms with E-state index in [1.165, 1.54) is 12.1 Å². The van der Waals surface area contributed by atoms with Gasteiger partial charge in [0.25, 0.3) is 10.0 Å². The second-order valence-corrected chi connectivity index (χ2v) is 9.47. The smallest absolute Gasteiger partial charge is 0.283 e. The molecule has 0 radical (unpaired) electrons. The number of hydrazone groups is 1. The van der Waals surface area contributed by atoms with Gasteiger partial charge < -0.3 is 16.8 Å². The van der Waals surface area contributed by atoms with E-state index < -0.39 is 16.0 Å². The molecule has 0 bridgehead atoms. The van der Waals surface area contributed by atoms with E-state index in [0.29, 0.717) is 6.54 Å². The molecule has 3 rings (SSSR count). The van der Waals surface area contributed by atoms with E-state index in [1.54, 1.807) is 36.4 Å². The third kappa shape index (κ3) is 6.14. The van der Waals surface area contributed by atoms with Crippen molar-refractivity contribution < 1.29 is 13.2 Å². The van der Waals surface area contributed by atoms with Crippen molar-refractivity contribution in [3.05, 3.63) is 96.1 Å². The minimum atomic E-state index is -4.08. The summed E-state index contributed by atoms with van der Waals surface area (Å²) in [5, 5.41) is 6.82. The highest BCUT2D eigenvalue weighted by Crippen LogP contribution is 2.32. The first-order valence-corrected chi connectivity index (χ1v) is 12.4. The molecule has 9 heteroatoms. The SMILES string of the molecule is CCCNC(=O)CC(c1ccccc1)c1cccc(N(N=C(N)N)S(=O)(=O)c2ccccc2)c1. The third-order valence-corrected chi connectivity index (χ3v) is 6.75. The molecule has 0 spiro atoms. The van der Waals surface area contributed by atoms with Crippen LogP contribution in [0.2, 0.25) is 0 Å². The lowest BCUT2D eigenvalue weighted by Crippen LogP contribution is -2.33. The van der Waals surface area contributed by atoms with Gasteiger partial charge in [0, 0.05) is 18.9 Å². The molecular weight excluding hydrogens is 450 g/mol. The molecule has 0 aliphatic carbocycles. The zero-order valence-electron chi connectivity index (χ0n) is 19.0. The molecule has 1 atom stereocenters. The maximum Gasteiger partial charge on any atom is 0.283 e. The Balaban J connectivity index is 2.06. The lowest BCUT2D eigenvalue weighted by Gasteiger charge is -2.22. The molecule has 0 aromatic heterocycles. The fourth-order valence-corrected chi connectivity index (χ4v) is 4.84. The van der Waals surface area contributed by atoms with Crippen LogP contribution in [0.25, 0.3) is 0 Å². The van der Waals surface area contributed by atoms with Crippen LogP contribution in [0, 0.1) is 0 Å². The van der Waals surface area contributed by atoms with Crippen molar-refractivity contribution in [3.63, 3.8) is 0 Å². The van der Waals surface area contributed by atoms with Crippen LogP contribution < -0.4 is 21.2 Å². The number of amides is 1. The molecular formula is C25H29N5O3S. The first-order valence-electron chi connectivity index (χ1n) is 10.9. The van der Waals surface area contributed by atoms with Gasteiger partial charge in [0.1, 0.15) is 0 Å². The average molecular weight is 480 g/mol. The Morgan fingerprint density at radius 2 is 1.56 bits per heavy atom. The molecule has 5 N–H and O–H groups in total. The normalized spacial score (nSPS) is 11.9. The number of hydrogen-bond donors (Lipinski definition) is 3. The quantitative estimate of drug-likeness (QED) is 0.234. The molecule has 1 amide bonds. The Kier molecular flexibility index (Phi) is 8.26. The minimum Gasteiger partial charge on any atom is -0.369 e. The standard InChI is InChI=1S/C25H29N5O3S/c1-2-16-28-24(31)18-23(19-10-5-3-6-11-19)20-12-9-13-21(17-20)30(29-25(26)27)34(32,33)22-14-7-4-8-15-22/h3-15,17,23H,2,16,18H2,1H3,(H,28,31)(H4,26,27,29). The number of rotatable bonds is 10. The van der Waals surface area contributed by atoms with Crippen molar-refractivity contribution in [2.24, 2.45) is 16.6 Å². The lowest BCUT2D eigenvalue weighted by molar-refractivity contribution is -0.121. The van der Waals surface area contributed by atoms with Crippen LogP contribution in [-0.4, -0.2) is 26.8 Å². The molecule has 0 aliphatic heterocycles. The first-order chi connectivity index (χ1) is 16.3. The zero-order valence-corrected chi connectivity index (χ0v) is 19.8. The van der Waals surface area contributed by atoms with Gasteiger partial charge in [-0.1, -0.05) is 67.6 Å². The van der Waals surface area contributed by atoms with E-state index in [4.69, 9.17) is 11.5 Å². The summed E-state index contributed by atoms with van der Waals surface area (Å²) >= 11 is 0. The Labute approximate surface area is 200 Å². The molecule has 0 saturated carbocycles. The number of hydrogen-bond acceptors (Lipinski definition) is 4. The van der Waals surface area contributed by atoms with Gasteiger partial charge in [-0.05, 0) is 41.8 Å². The van der Waals surface area contributed by atoms with Crippen LogP contribution >= 0.6 is 0 Å². The summed E-state index contributed by atoms with van der Waals surface area (Å²) in [6.45, 7) is 2.58. The predicted octanol–water partition coefficient (Wildman–Crippen LogP) is 3.12. The summed E-state index contributed by atoms with van der Waals surface area (Å²) < 4.78 is 27.5. The van der Waals surface area contributed by atoms with Crippen LogP contribution in [0.3, 0.4) is 0 Å². The fraction of sp³-hybridized carbons (Fsp3) is 0.200. The highest BCUT2D eigenvalue weighted by molar-refractivity contribution is 7.92. The lowest BCUT2D eigenvalue weighted by atomic mass is 9.88. The van der Waals surface area contributed by atoms with Gasteiger partial charge in [-0.2, -0.15) is 12.8 Å². The van der Waals surface area contributed by atoms with E-state index in [2.05, 4.69) is 10.4 Å². The zero-order chi connectivity index (χ0) is 24.6. The van der Waals surface area contributed by atoms with Crippen LogP contribution in [0.4, 0.5) is 5.69 Å². The topological polar surface area (TPSA) is 131 Å². The molecule has 3 aromatic rings. The van der Waals surface area contributed by atoms with E-state index >= 15 is 0 Å². The second kappa shape index (κ2) is 11.3. The predicted molar refractivity (Wildman–Crippen MR) is 135 cm³/mol. The Hall–Kier alpha value is -3.85. The first kappa shape index (κ1) is 24.8. The van der Waals surface area contributed by atoms with Gasteiger partial charge in [0.2, 0.25) is 11.9 Å². The molecule has 0 heterocycles. The largest absolute Gasteiger partial charge is 0.369 e. The number of nitrogens with one attached hydrogen (secondary N) is 1. The molecule has 3 aromatic carbocycles. The number of guanidine groups is 1. The fourth-order valence-electron chi connectivity index (χ4n) is 3.54. The van der Waals surface area contributed by atoms with Gasteiger partial charge in [0.05, 0.1) is 10.6 Å². The number of benzene rings is 3. The van der Waals surface area contributed by atoms with Crippen LogP contribution in [0.5, 0.6) is 0 Å². The summed E-state index contributed by atoms with van der Waals surface area (Å²) in [7, 11) is -4.08. The van der Waals surface area contributed by atoms with Gasteiger partial charge >= 0.3 is 0 Å². The molecule has 1 unspecified atom stereocenters. The summed E-state index contributed by atoms with van der Waals surface area (Å²) in [4.78, 5) is 12.6. The molecule has 178 valence electrons. The van der Waals surface area contributed by atoms with E-state index in [9.17, 15) is 13.2 Å². The Bertz CT molecular complexity index is 1230. The summed E-state index contributed by atoms with van der Waals surface area (Å²) in [5.74, 6) is -0.777. The monoisotopic (exact) mass is 479 g/mol. The minimum absolute atomic E-state index is 0.0453. The van der Waals surface area contributed by atoms with Gasteiger partial charge in [-0.3, -0.25) is 4.79 Å². The van der Waals surface area contributed by atoms with Gasteiger partial charge in [0.15, 0.2) is 0 Å². The van der Waals surface area contributed by atoms with Crippen molar-refractivity contribution in [1.29, 1.82) is 0 Å². The second-order valence-electron chi connectivity index (χ2n) is 7.70. The number of anilines is 1. The van der Waals surface area contributed by atoms with E-state index in [0.717, 1.165) is 22.0 Å². The van der Waals surface area contributed by atoms with Crippen molar-refractivity contribution in [2.45, 2.75) is 30.6 Å². The highest BCUT2D eigenvalue weighted by atomic mass is 32.2. The molecule has 8 nitrogen and oxygen atoms in total. The number of nitrogens with zero attached hydrogens (tertiary/aromatic N) is 2. The number of nitrogens with two attached hydrogens (primary N) is 2. The van der Waals surface area contributed by atoms with Crippen LogP contribution in [0.1, 0.15) is 36.8 Å². The van der Waals surface area contributed by atoms with Gasteiger partial charge in [-0.25, -0.2) is 0 Å². The summed E-state index contributed by atoms with van der Waals surface area (Å²) in [6, 6.07) is 24.4. The van der Waals surface area contributed by atoms with Crippen molar-refractivity contribution >= 4 is 27.6 Å². The number of sulfonamides is 1. The Morgan fingerprint density at radius 3 is 2.18 bits per heavy atom. The summed E-state index contributed by atoms with van der Waals surface area (Å²) in [5.41, 5.74) is 13.1. The van der Waals surface area contributed by atoms with E-state index in [1.807, 2.05) is 43.3 Å². The van der Waals surface area contributed by atoms with Crippen molar-refractivity contribution in [2.75, 3.05) is 11.0 Å². The maximum absolute atomic E-state index is 13.4. The maximum atomic E-state index is 13.4. The number of carbonyl (C=O) groups excluding carboxylic acids is 1. The van der Waals surface area contributed by atoms with Crippen molar-refractivity contribution in [3.8, 4) is 0 Å². The Morgan fingerprint density at radius 1 is 0.941 bits per heavy atom. The average Bonchev–Trinajstić information content (AvgIpc) is 2.85. The molecule has 34 heavy (non-hydrogen) atoms. The summed E-state index contributed by atoms with van der Waals surface area (Å²) in [6.07, 6.45) is 1.04. The molecule has 0 saturated heterocycles. The van der Waals surface area contributed by atoms with Gasteiger partial charge in [-0.15, -0.1) is 5.10 Å².